The molecule has 0 aliphatic rings. The van der Waals surface area contributed by atoms with Gasteiger partial charge >= 0.3 is 0 Å². The fourth-order valence-electron chi connectivity index (χ4n) is 1.81. The minimum atomic E-state index is 0.278. The smallest absolute Gasteiger partial charge is 0.148 e. The van der Waals surface area contributed by atoms with Crippen LogP contribution in [0.1, 0.15) is 57.8 Å². The van der Waals surface area contributed by atoms with Crippen molar-refractivity contribution in [2.24, 2.45) is 5.84 Å². The van der Waals surface area contributed by atoms with Crippen molar-refractivity contribution < 1.29 is 0 Å². The van der Waals surface area contributed by atoms with E-state index in [1.165, 1.54) is 0 Å². The Kier molecular flexibility index (Phi) is 5.34. The maximum absolute atomic E-state index is 5.51. The first-order valence-corrected chi connectivity index (χ1v) is 6.61. The lowest BCUT2D eigenvalue weighted by atomic mass is 10.1. The van der Waals surface area contributed by atoms with Crippen molar-refractivity contribution in [1.29, 1.82) is 0 Å². The van der Waals surface area contributed by atoms with Crippen molar-refractivity contribution in [1.82, 2.24) is 9.97 Å². The van der Waals surface area contributed by atoms with Gasteiger partial charge in [0.25, 0.3) is 0 Å². The molecule has 5 nitrogen and oxygen atoms in total. The number of nitrogens with zero attached hydrogens (tertiary/aromatic N) is 2. The van der Waals surface area contributed by atoms with Crippen LogP contribution in [0.15, 0.2) is 0 Å². The summed E-state index contributed by atoms with van der Waals surface area (Å²) in [5, 5.41) is 3.43. The molecule has 18 heavy (non-hydrogen) atoms. The molecule has 1 aromatic rings. The highest BCUT2D eigenvalue weighted by atomic mass is 15.3. The highest BCUT2D eigenvalue weighted by Crippen LogP contribution is 2.23. The summed E-state index contributed by atoms with van der Waals surface area (Å²) >= 11 is 0. The number of anilines is 2. The zero-order valence-electron chi connectivity index (χ0n) is 12.0. The number of hydrazine groups is 1. The molecule has 0 amide bonds. The van der Waals surface area contributed by atoms with E-state index in [2.05, 4.69) is 48.4 Å². The molecule has 0 aromatic carbocycles. The van der Waals surface area contributed by atoms with Crippen molar-refractivity contribution in [3.8, 4) is 0 Å². The van der Waals surface area contributed by atoms with Gasteiger partial charge in [0.1, 0.15) is 17.5 Å². The number of hydrogen-bond donors (Lipinski definition) is 3. The Balaban J connectivity index is 3.04. The maximum Gasteiger partial charge on any atom is 0.148 e. The van der Waals surface area contributed by atoms with E-state index in [1.807, 2.05) is 6.92 Å². The van der Waals surface area contributed by atoms with E-state index in [0.717, 1.165) is 30.0 Å². The lowest BCUT2D eigenvalue weighted by Crippen LogP contribution is -2.20. The Morgan fingerprint density at radius 3 is 2.28 bits per heavy atom. The summed E-state index contributed by atoms with van der Waals surface area (Å²) in [5.41, 5.74) is 3.61. The van der Waals surface area contributed by atoms with E-state index in [-0.39, 0.29) is 5.92 Å². The number of rotatable bonds is 6. The molecule has 0 spiro atoms. The first kappa shape index (κ1) is 14.7. The fraction of sp³-hybridized carbons (Fsp3) is 0.692. The number of hydrogen-bond acceptors (Lipinski definition) is 5. The molecule has 0 fully saturated rings. The van der Waals surface area contributed by atoms with Crippen LogP contribution in [0.4, 0.5) is 11.6 Å². The van der Waals surface area contributed by atoms with Crippen LogP contribution in [0.25, 0.3) is 0 Å². The van der Waals surface area contributed by atoms with E-state index >= 15 is 0 Å². The van der Waals surface area contributed by atoms with Gasteiger partial charge in [-0.2, -0.15) is 0 Å². The molecule has 1 atom stereocenters. The quantitative estimate of drug-likeness (QED) is 0.535. The topological polar surface area (TPSA) is 75.9 Å². The molecule has 0 radical (unpaired) electrons. The summed E-state index contributed by atoms with van der Waals surface area (Å²) in [6.07, 6.45) is 2.27. The molecular weight excluding hydrogens is 226 g/mol. The predicted octanol–water partition coefficient (Wildman–Crippen LogP) is 2.79. The summed E-state index contributed by atoms with van der Waals surface area (Å²) in [5.74, 6) is 8.16. The molecule has 0 bridgehead atoms. The third-order valence-corrected chi connectivity index (χ3v) is 2.92. The molecule has 1 heterocycles. The minimum Gasteiger partial charge on any atom is -0.367 e. The second-order valence-electron chi connectivity index (χ2n) is 5.04. The molecule has 5 heteroatoms. The van der Waals surface area contributed by atoms with Crippen molar-refractivity contribution in [3.63, 3.8) is 0 Å². The molecular formula is C13H25N5. The lowest BCUT2D eigenvalue weighted by molar-refractivity contribution is 0.682. The van der Waals surface area contributed by atoms with Crippen molar-refractivity contribution in [2.45, 2.75) is 59.4 Å². The zero-order chi connectivity index (χ0) is 13.7. The van der Waals surface area contributed by atoms with Crippen LogP contribution >= 0.6 is 0 Å². The minimum absolute atomic E-state index is 0.278. The van der Waals surface area contributed by atoms with Crippen LogP contribution in [-0.2, 0) is 0 Å². The summed E-state index contributed by atoms with van der Waals surface area (Å²) < 4.78 is 0. The van der Waals surface area contributed by atoms with Crippen LogP contribution in [0.3, 0.4) is 0 Å². The first-order chi connectivity index (χ1) is 8.49. The number of nitrogens with one attached hydrogen (secondary N) is 2. The number of nitrogens with two attached hydrogens (primary N) is 1. The zero-order valence-corrected chi connectivity index (χ0v) is 12.0. The highest BCUT2D eigenvalue weighted by molar-refractivity contribution is 5.57. The van der Waals surface area contributed by atoms with Crippen LogP contribution in [0, 0.1) is 6.92 Å². The molecule has 0 aliphatic carbocycles. The van der Waals surface area contributed by atoms with Crippen molar-refractivity contribution >= 4 is 11.6 Å². The van der Waals surface area contributed by atoms with Crippen LogP contribution in [0.2, 0.25) is 0 Å². The summed E-state index contributed by atoms with van der Waals surface area (Å²) in [6.45, 7) is 10.5. The third kappa shape index (κ3) is 3.57. The number of nitrogen functional groups attached to an aromatic ring is 1. The fourth-order valence-corrected chi connectivity index (χ4v) is 1.81. The SMILES string of the molecule is CCCC(C)Nc1nc(C(C)C)nc(NN)c1C. The van der Waals surface area contributed by atoms with Gasteiger partial charge in [0.05, 0.1) is 0 Å². The van der Waals surface area contributed by atoms with E-state index in [1.54, 1.807) is 0 Å². The van der Waals surface area contributed by atoms with E-state index in [0.29, 0.717) is 11.9 Å². The van der Waals surface area contributed by atoms with Crippen LogP contribution in [0.5, 0.6) is 0 Å². The lowest BCUT2D eigenvalue weighted by Gasteiger charge is -2.18. The average Bonchev–Trinajstić information content (AvgIpc) is 2.31. The number of aromatic nitrogens is 2. The van der Waals surface area contributed by atoms with Gasteiger partial charge in [0.15, 0.2) is 0 Å². The van der Waals surface area contributed by atoms with Gasteiger partial charge in [0.2, 0.25) is 0 Å². The van der Waals surface area contributed by atoms with Gasteiger partial charge in [0, 0.05) is 17.5 Å². The summed E-state index contributed by atoms with van der Waals surface area (Å²) in [6, 6.07) is 0.397. The van der Waals surface area contributed by atoms with E-state index in [9.17, 15) is 0 Å². The average molecular weight is 251 g/mol. The molecule has 4 N–H and O–H groups in total. The molecule has 0 saturated heterocycles. The van der Waals surface area contributed by atoms with Gasteiger partial charge in [-0.25, -0.2) is 15.8 Å². The van der Waals surface area contributed by atoms with Gasteiger partial charge in [-0.1, -0.05) is 27.2 Å². The Bertz CT molecular complexity index is 389. The molecule has 102 valence electrons. The molecule has 0 saturated carbocycles. The van der Waals surface area contributed by atoms with Crippen molar-refractivity contribution in [3.05, 3.63) is 11.4 Å². The molecule has 1 rings (SSSR count). The van der Waals surface area contributed by atoms with Gasteiger partial charge in [-0.15, -0.1) is 0 Å². The van der Waals surface area contributed by atoms with Gasteiger partial charge in [-0.05, 0) is 20.3 Å². The van der Waals surface area contributed by atoms with Gasteiger partial charge in [-0.3, -0.25) is 0 Å². The Morgan fingerprint density at radius 1 is 1.17 bits per heavy atom. The maximum atomic E-state index is 5.51. The Labute approximate surface area is 110 Å². The summed E-state index contributed by atoms with van der Waals surface area (Å²) in [4.78, 5) is 9.00. The van der Waals surface area contributed by atoms with Crippen LogP contribution < -0.4 is 16.6 Å². The van der Waals surface area contributed by atoms with E-state index in [4.69, 9.17) is 5.84 Å². The summed E-state index contributed by atoms with van der Waals surface area (Å²) in [7, 11) is 0. The Morgan fingerprint density at radius 2 is 1.78 bits per heavy atom. The molecule has 1 aromatic heterocycles. The Hall–Kier alpha value is -1.36. The normalized spacial score (nSPS) is 12.6. The second kappa shape index (κ2) is 6.54. The largest absolute Gasteiger partial charge is 0.367 e. The second-order valence-corrected chi connectivity index (χ2v) is 5.04. The van der Waals surface area contributed by atoms with Crippen LogP contribution in [-0.4, -0.2) is 16.0 Å². The van der Waals surface area contributed by atoms with E-state index < -0.39 is 0 Å². The standard InChI is InChI=1S/C13H25N5/c1-6-7-9(4)15-12-10(5)13(18-14)17-11(16-12)8(2)3/h8-9H,6-7,14H2,1-5H3,(H2,15,16,17,18). The molecule has 0 aliphatic heterocycles. The highest BCUT2D eigenvalue weighted by Gasteiger charge is 2.13. The predicted molar refractivity (Wildman–Crippen MR) is 76.7 cm³/mol. The first-order valence-electron chi connectivity index (χ1n) is 6.61. The van der Waals surface area contributed by atoms with Crippen molar-refractivity contribution in [2.75, 3.05) is 10.7 Å². The van der Waals surface area contributed by atoms with Gasteiger partial charge < -0.3 is 10.7 Å². The third-order valence-electron chi connectivity index (χ3n) is 2.92. The monoisotopic (exact) mass is 251 g/mol. The molecule has 1 unspecified atom stereocenters.